The van der Waals surface area contributed by atoms with E-state index in [9.17, 15) is 4.39 Å². The van der Waals surface area contributed by atoms with Crippen LogP contribution in [0.2, 0.25) is 0 Å². The first kappa shape index (κ1) is 13.1. The zero-order chi connectivity index (χ0) is 13.0. The van der Waals surface area contributed by atoms with Crippen LogP contribution in [0.15, 0.2) is 41.1 Å². The second kappa shape index (κ2) is 6.02. The van der Waals surface area contributed by atoms with Crippen molar-refractivity contribution in [3.05, 3.63) is 58.1 Å². The quantitative estimate of drug-likeness (QED) is 0.943. The summed E-state index contributed by atoms with van der Waals surface area (Å²) in [4.78, 5) is 0. The van der Waals surface area contributed by atoms with Gasteiger partial charge in [-0.3, -0.25) is 0 Å². The number of benzene rings is 1. The van der Waals surface area contributed by atoms with Gasteiger partial charge in [0.15, 0.2) is 0 Å². The molecule has 0 radical (unpaired) electrons. The fraction of sp³-hybridized carbons (Fsp3) is 0.231. The lowest BCUT2D eigenvalue weighted by Crippen LogP contribution is -2.19. The third-order valence-corrected chi connectivity index (χ3v) is 3.70. The summed E-state index contributed by atoms with van der Waals surface area (Å²) in [5.74, 6) is -0.241. The normalized spacial score (nSPS) is 12.4. The van der Waals surface area contributed by atoms with E-state index in [4.69, 9.17) is 0 Å². The van der Waals surface area contributed by atoms with Gasteiger partial charge in [0, 0.05) is 12.2 Å². The van der Waals surface area contributed by atoms with Crippen molar-refractivity contribution < 1.29 is 4.39 Å². The number of nitrogens with zero attached hydrogens (tertiary/aromatic N) is 2. The molecule has 0 bridgehead atoms. The van der Waals surface area contributed by atoms with E-state index in [0.717, 1.165) is 11.1 Å². The van der Waals surface area contributed by atoms with Gasteiger partial charge in [0.1, 0.15) is 5.82 Å². The number of hydrogen-bond acceptors (Lipinski definition) is 3. The Morgan fingerprint density at radius 3 is 2.83 bits per heavy atom. The van der Waals surface area contributed by atoms with Crippen LogP contribution in [0.1, 0.15) is 17.2 Å². The molecule has 0 amide bonds. The fourth-order valence-electron chi connectivity index (χ4n) is 1.82. The van der Waals surface area contributed by atoms with Crippen LogP contribution in [-0.4, -0.2) is 17.2 Å². The zero-order valence-electron chi connectivity index (χ0n) is 9.90. The molecule has 0 fully saturated rings. The number of rotatable bonds is 4. The highest BCUT2D eigenvalue weighted by molar-refractivity contribution is 9.10. The maximum Gasteiger partial charge on any atom is 0.137 e. The Kier molecular flexibility index (Phi) is 4.38. The molecule has 1 aromatic carbocycles. The van der Waals surface area contributed by atoms with Crippen molar-refractivity contribution in [2.75, 3.05) is 7.05 Å². The molecule has 0 aliphatic rings. The predicted octanol–water partition coefficient (Wildman–Crippen LogP) is 2.88. The summed E-state index contributed by atoms with van der Waals surface area (Å²) in [5.41, 5.74) is 1.95. The van der Waals surface area contributed by atoms with Gasteiger partial charge in [0.25, 0.3) is 0 Å². The topological polar surface area (TPSA) is 37.8 Å². The van der Waals surface area contributed by atoms with E-state index in [1.807, 2.05) is 19.2 Å². The second-order valence-corrected chi connectivity index (χ2v) is 4.73. The third kappa shape index (κ3) is 2.91. The molecule has 3 nitrogen and oxygen atoms in total. The number of nitrogens with one attached hydrogen (secondary N) is 1. The summed E-state index contributed by atoms with van der Waals surface area (Å²) in [6.45, 7) is 0. The van der Waals surface area contributed by atoms with Crippen LogP contribution in [0.3, 0.4) is 0 Å². The van der Waals surface area contributed by atoms with Crippen LogP contribution in [0.5, 0.6) is 0 Å². The molecular formula is C13H13BrFN3. The van der Waals surface area contributed by atoms with E-state index in [0.29, 0.717) is 10.9 Å². The van der Waals surface area contributed by atoms with Crippen molar-refractivity contribution in [2.45, 2.75) is 12.5 Å². The Balaban J connectivity index is 2.24. The largest absolute Gasteiger partial charge is 0.313 e. The first-order valence-electron chi connectivity index (χ1n) is 5.59. The Labute approximate surface area is 114 Å². The van der Waals surface area contributed by atoms with Crippen molar-refractivity contribution >= 4 is 15.9 Å². The molecule has 2 rings (SSSR count). The number of likely N-dealkylation sites (N-methyl/N-ethyl adjacent to an activating group) is 1. The first-order valence-corrected chi connectivity index (χ1v) is 6.38. The van der Waals surface area contributed by atoms with Crippen LogP contribution >= 0.6 is 15.9 Å². The summed E-state index contributed by atoms with van der Waals surface area (Å²) in [5, 5.41) is 10.8. The van der Waals surface area contributed by atoms with E-state index >= 15 is 0 Å². The van der Waals surface area contributed by atoms with E-state index in [-0.39, 0.29) is 11.9 Å². The van der Waals surface area contributed by atoms with Gasteiger partial charge in [-0.05, 0) is 52.7 Å². The molecule has 1 unspecified atom stereocenters. The summed E-state index contributed by atoms with van der Waals surface area (Å²) in [7, 11) is 1.87. The Bertz CT molecular complexity index is 519. The van der Waals surface area contributed by atoms with Crippen LogP contribution in [0.4, 0.5) is 4.39 Å². The highest BCUT2D eigenvalue weighted by Gasteiger charge is 2.13. The third-order valence-electron chi connectivity index (χ3n) is 2.81. The molecule has 0 aliphatic heterocycles. The summed E-state index contributed by atoms with van der Waals surface area (Å²) in [6, 6.07) is 7.05. The summed E-state index contributed by atoms with van der Waals surface area (Å²) in [6.07, 6.45) is 4.05. The van der Waals surface area contributed by atoms with Gasteiger partial charge in [-0.25, -0.2) is 4.39 Å². The molecule has 18 heavy (non-hydrogen) atoms. The number of aromatic nitrogens is 2. The lowest BCUT2D eigenvalue weighted by molar-refractivity contribution is 0.577. The molecule has 0 spiro atoms. The molecular weight excluding hydrogens is 297 g/mol. The van der Waals surface area contributed by atoms with E-state index < -0.39 is 0 Å². The maximum absolute atomic E-state index is 13.4. The van der Waals surface area contributed by atoms with Crippen molar-refractivity contribution in [1.29, 1.82) is 0 Å². The molecule has 0 saturated carbocycles. The molecule has 94 valence electrons. The SMILES string of the molecule is CNC(Cc1cccc(F)c1Br)c1ccnnc1. The molecule has 0 aliphatic carbocycles. The van der Waals surface area contributed by atoms with Crippen molar-refractivity contribution in [3.63, 3.8) is 0 Å². The number of hydrogen-bond donors (Lipinski definition) is 1. The Morgan fingerprint density at radius 2 is 2.17 bits per heavy atom. The Hall–Kier alpha value is -1.33. The summed E-state index contributed by atoms with van der Waals surface area (Å²) < 4.78 is 14.0. The first-order chi connectivity index (χ1) is 8.72. The van der Waals surface area contributed by atoms with Crippen LogP contribution < -0.4 is 5.32 Å². The number of halogens is 2. The van der Waals surface area contributed by atoms with Crippen LogP contribution in [-0.2, 0) is 6.42 Å². The minimum atomic E-state index is -0.241. The highest BCUT2D eigenvalue weighted by Crippen LogP contribution is 2.25. The molecule has 0 saturated heterocycles. The molecule has 1 N–H and O–H groups in total. The van der Waals surface area contributed by atoms with Gasteiger partial charge in [0.05, 0.1) is 10.7 Å². The zero-order valence-corrected chi connectivity index (χ0v) is 11.5. The van der Waals surface area contributed by atoms with Crippen LogP contribution in [0.25, 0.3) is 0 Å². The van der Waals surface area contributed by atoms with Gasteiger partial charge in [-0.1, -0.05) is 12.1 Å². The minimum absolute atomic E-state index is 0.0820. The van der Waals surface area contributed by atoms with E-state index in [2.05, 4.69) is 31.4 Å². The van der Waals surface area contributed by atoms with Crippen LogP contribution in [0, 0.1) is 5.82 Å². The average molecular weight is 310 g/mol. The second-order valence-electron chi connectivity index (χ2n) is 3.93. The van der Waals surface area contributed by atoms with Crippen molar-refractivity contribution in [2.24, 2.45) is 0 Å². The summed E-state index contributed by atoms with van der Waals surface area (Å²) >= 11 is 3.28. The van der Waals surface area contributed by atoms with Gasteiger partial charge in [-0.2, -0.15) is 10.2 Å². The maximum atomic E-state index is 13.4. The molecule has 1 heterocycles. The molecule has 5 heteroatoms. The lowest BCUT2D eigenvalue weighted by atomic mass is 10.0. The monoisotopic (exact) mass is 309 g/mol. The molecule has 2 aromatic rings. The average Bonchev–Trinajstić information content (AvgIpc) is 2.41. The fourth-order valence-corrected chi connectivity index (χ4v) is 2.25. The highest BCUT2D eigenvalue weighted by atomic mass is 79.9. The smallest absolute Gasteiger partial charge is 0.137 e. The van der Waals surface area contributed by atoms with Crippen molar-refractivity contribution in [1.82, 2.24) is 15.5 Å². The standard InChI is InChI=1S/C13H13BrFN3/c1-16-12(10-5-6-17-18-8-10)7-9-3-2-4-11(15)13(9)14/h2-6,8,12,16H,7H2,1H3. The predicted molar refractivity (Wildman–Crippen MR) is 71.6 cm³/mol. The lowest BCUT2D eigenvalue weighted by Gasteiger charge is -2.17. The minimum Gasteiger partial charge on any atom is -0.313 e. The van der Waals surface area contributed by atoms with E-state index in [1.165, 1.54) is 6.07 Å². The van der Waals surface area contributed by atoms with Gasteiger partial charge >= 0.3 is 0 Å². The van der Waals surface area contributed by atoms with E-state index in [1.54, 1.807) is 18.5 Å². The van der Waals surface area contributed by atoms with Gasteiger partial charge in [0.2, 0.25) is 0 Å². The van der Waals surface area contributed by atoms with Gasteiger partial charge < -0.3 is 5.32 Å². The van der Waals surface area contributed by atoms with Gasteiger partial charge in [-0.15, -0.1) is 0 Å². The Morgan fingerprint density at radius 1 is 1.33 bits per heavy atom. The molecule has 1 aromatic heterocycles. The molecule has 1 atom stereocenters. The van der Waals surface area contributed by atoms with Crippen molar-refractivity contribution in [3.8, 4) is 0 Å².